The lowest BCUT2D eigenvalue weighted by Gasteiger charge is -2.36. The van der Waals surface area contributed by atoms with E-state index in [1.807, 2.05) is 19.1 Å². The third-order valence-electron chi connectivity index (χ3n) is 5.31. The van der Waals surface area contributed by atoms with E-state index in [0.717, 1.165) is 33.2 Å². The van der Waals surface area contributed by atoms with Crippen molar-refractivity contribution in [3.63, 3.8) is 0 Å². The SMILES string of the molecule is CC/C(C)=N\Nc1nc2c(N3CCN(C(=O)c4ccc(F)cc4)CC3)c(Cl)ccc2s1. The molecule has 1 aliphatic heterocycles. The summed E-state index contributed by atoms with van der Waals surface area (Å²) < 4.78 is 14.2. The Morgan fingerprint density at radius 3 is 2.58 bits per heavy atom. The van der Waals surface area contributed by atoms with Gasteiger partial charge in [0.1, 0.15) is 11.3 Å². The van der Waals surface area contributed by atoms with Crippen LogP contribution in [0.3, 0.4) is 0 Å². The second kappa shape index (κ2) is 9.20. The molecule has 162 valence electrons. The minimum Gasteiger partial charge on any atom is -0.365 e. The quantitative estimate of drug-likeness (QED) is 0.418. The molecular formula is C22H23ClFN5OS. The maximum Gasteiger partial charge on any atom is 0.253 e. The van der Waals surface area contributed by atoms with Crippen LogP contribution >= 0.6 is 22.9 Å². The summed E-state index contributed by atoms with van der Waals surface area (Å²) in [5.41, 5.74) is 6.24. The van der Waals surface area contributed by atoms with Gasteiger partial charge in [-0.3, -0.25) is 10.2 Å². The Kier molecular flexibility index (Phi) is 6.38. The van der Waals surface area contributed by atoms with Crippen LogP contribution in [-0.2, 0) is 0 Å². The van der Waals surface area contributed by atoms with Gasteiger partial charge in [0, 0.05) is 37.5 Å². The molecule has 31 heavy (non-hydrogen) atoms. The molecule has 1 fully saturated rings. The number of piperazine rings is 1. The van der Waals surface area contributed by atoms with Gasteiger partial charge < -0.3 is 9.80 Å². The van der Waals surface area contributed by atoms with Gasteiger partial charge in [-0.05, 0) is 49.7 Å². The number of halogens is 2. The highest BCUT2D eigenvalue weighted by atomic mass is 35.5. The number of fused-ring (bicyclic) bond motifs is 1. The molecule has 0 radical (unpaired) electrons. The molecule has 0 spiro atoms. The van der Waals surface area contributed by atoms with Crippen molar-refractivity contribution in [3.8, 4) is 0 Å². The van der Waals surface area contributed by atoms with E-state index in [-0.39, 0.29) is 11.7 Å². The number of hydrogen-bond acceptors (Lipinski definition) is 6. The van der Waals surface area contributed by atoms with Crippen molar-refractivity contribution in [1.29, 1.82) is 0 Å². The third kappa shape index (κ3) is 4.65. The zero-order valence-corrected chi connectivity index (χ0v) is 18.9. The van der Waals surface area contributed by atoms with Crippen LogP contribution in [0.2, 0.25) is 5.02 Å². The fraction of sp³-hybridized carbons (Fsp3) is 0.318. The number of hydrazone groups is 1. The summed E-state index contributed by atoms with van der Waals surface area (Å²) in [6.07, 6.45) is 0.871. The Labute approximate surface area is 189 Å². The molecule has 3 aromatic rings. The van der Waals surface area contributed by atoms with Crippen molar-refractivity contribution in [2.75, 3.05) is 36.5 Å². The summed E-state index contributed by atoms with van der Waals surface area (Å²) in [4.78, 5) is 21.4. The molecule has 0 unspecified atom stereocenters. The zero-order chi connectivity index (χ0) is 22.0. The van der Waals surface area contributed by atoms with Gasteiger partial charge in [0.15, 0.2) is 0 Å². The topological polar surface area (TPSA) is 60.8 Å². The van der Waals surface area contributed by atoms with Gasteiger partial charge in [-0.2, -0.15) is 5.10 Å². The number of rotatable bonds is 5. The molecule has 9 heteroatoms. The highest BCUT2D eigenvalue weighted by Gasteiger charge is 2.25. The standard InChI is InChI=1S/C22H23ClFN5OS/c1-3-14(2)26-27-22-25-19-18(31-22)9-8-17(23)20(19)28-10-12-29(13-11-28)21(30)15-4-6-16(24)7-5-15/h4-9H,3,10-13H2,1-2H3,(H,25,27)/b26-14-. The molecule has 2 aromatic carbocycles. The van der Waals surface area contributed by atoms with Gasteiger partial charge in [-0.1, -0.05) is 29.9 Å². The van der Waals surface area contributed by atoms with Crippen LogP contribution < -0.4 is 10.3 Å². The largest absolute Gasteiger partial charge is 0.365 e. The van der Waals surface area contributed by atoms with Crippen LogP contribution in [0.5, 0.6) is 0 Å². The summed E-state index contributed by atoms with van der Waals surface area (Å²) >= 11 is 8.10. The first-order chi connectivity index (χ1) is 15.0. The number of anilines is 2. The number of carbonyl (C=O) groups excluding carboxylic acids is 1. The third-order valence-corrected chi connectivity index (χ3v) is 6.54. The predicted octanol–water partition coefficient (Wildman–Crippen LogP) is 5.25. The smallest absolute Gasteiger partial charge is 0.253 e. The van der Waals surface area contributed by atoms with E-state index in [9.17, 15) is 9.18 Å². The molecule has 6 nitrogen and oxygen atoms in total. The predicted molar refractivity (Wildman–Crippen MR) is 126 cm³/mol. The molecule has 2 heterocycles. The zero-order valence-electron chi connectivity index (χ0n) is 17.4. The van der Waals surface area contributed by atoms with Gasteiger partial charge >= 0.3 is 0 Å². The first-order valence-electron chi connectivity index (χ1n) is 10.1. The fourth-order valence-corrected chi connectivity index (χ4v) is 4.52. The molecule has 0 bridgehead atoms. The van der Waals surface area contributed by atoms with E-state index >= 15 is 0 Å². The number of hydrogen-bond donors (Lipinski definition) is 1. The number of aromatic nitrogens is 1. The van der Waals surface area contributed by atoms with Gasteiger partial charge in [-0.15, -0.1) is 0 Å². The molecule has 0 saturated carbocycles. The van der Waals surface area contributed by atoms with Crippen molar-refractivity contribution in [1.82, 2.24) is 9.88 Å². The Morgan fingerprint density at radius 2 is 1.90 bits per heavy atom. The highest BCUT2D eigenvalue weighted by Crippen LogP contribution is 2.38. The second-order valence-electron chi connectivity index (χ2n) is 7.36. The van der Waals surface area contributed by atoms with E-state index in [4.69, 9.17) is 16.6 Å². The minimum atomic E-state index is -0.350. The Morgan fingerprint density at radius 1 is 1.19 bits per heavy atom. The molecule has 0 aliphatic carbocycles. The van der Waals surface area contributed by atoms with E-state index in [1.54, 1.807) is 4.90 Å². The van der Waals surface area contributed by atoms with Crippen LogP contribution in [0.4, 0.5) is 15.2 Å². The fourth-order valence-electron chi connectivity index (χ4n) is 3.43. The molecule has 1 aromatic heterocycles. The number of carbonyl (C=O) groups is 1. The number of amides is 1. The van der Waals surface area contributed by atoms with Crippen molar-refractivity contribution in [2.24, 2.45) is 5.10 Å². The average molecular weight is 460 g/mol. The van der Waals surface area contributed by atoms with Crippen LogP contribution in [-0.4, -0.2) is 47.7 Å². The lowest BCUT2D eigenvalue weighted by Crippen LogP contribution is -2.49. The summed E-state index contributed by atoms with van der Waals surface area (Å²) in [5.74, 6) is -0.440. The normalized spacial score (nSPS) is 14.9. The number of thiazole rings is 1. The number of nitrogens with zero attached hydrogens (tertiary/aromatic N) is 4. The first-order valence-corrected chi connectivity index (χ1v) is 11.3. The average Bonchev–Trinajstić information content (AvgIpc) is 3.20. The minimum absolute atomic E-state index is 0.0896. The Balaban J connectivity index is 1.51. The van der Waals surface area contributed by atoms with Crippen molar-refractivity contribution < 1.29 is 9.18 Å². The first kappa shape index (κ1) is 21.5. The molecule has 0 atom stereocenters. The van der Waals surface area contributed by atoms with Crippen LogP contribution in [0, 0.1) is 5.82 Å². The van der Waals surface area contributed by atoms with Crippen LogP contribution in [0.15, 0.2) is 41.5 Å². The Bertz CT molecular complexity index is 1120. The van der Waals surface area contributed by atoms with Crippen LogP contribution in [0.25, 0.3) is 10.2 Å². The summed E-state index contributed by atoms with van der Waals surface area (Å²) in [5, 5.41) is 5.69. The molecule has 1 saturated heterocycles. The van der Waals surface area contributed by atoms with E-state index in [0.29, 0.717) is 36.8 Å². The van der Waals surface area contributed by atoms with Crippen LogP contribution in [0.1, 0.15) is 30.6 Å². The van der Waals surface area contributed by atoms with Gasteiger partial charge in [0.05, 0.1) is 15.4 Å². The van der Waals surface area contributed by atoms with Gasteiger partial charge in [-0.25, -0.2) is 9.37 Å². The number of nitrogens with one attached hydrogen (secondary N) is 1. The van der Waals surface area contributed by atoms with E-state index < -0.39 is 0 Å². The highest BCUT2D eigenvalue weighted by molar-refractivity contribution is 7.22. The maximum atomic E-state index is 13.1. The molecule has 4 rings (SSSR count). The summed E-state index contributed by atoms with van der Waals surface area (Å²) in [7, 11) is 0. The van der Waals surface area contributed by atoms with Crippen molar-refractivity contribution >= 4 is 55.6 Å². The molecule has 1 N–H and O–H groups in total. The van der Waals surface area contributed by atoms with E-state index in [2.05, 4.69) is 22.4 Å². The monoisotopic (exact) mass is 459 g/mol. The lowest BCUT2D eigenvalue weighted by atomic mass is 10.1. The Hall–Kier alpha value is -2.71. The van der Waals surface area contributed by atoms with Crippen molar-refractivity contribution in [3.05, 3.63) is 52.8 Å². The maximum absolute atomic E-state index is 13.1. The van der Waals surface area contributed by atoms with E-state index in [1.165, 1.54) is 35.6 Å². The van der Waals surface area contributed by atoms with Crippen molar-refractivity contribution in [2.45, 2.75) is 20.3 Å². The lowest BCUT2D eigenvalue weighted by molar-refractivity contribution is 0.0747. The summed E-state index contributed by atoms with van der Waals surface area (Å²) in [6, 6.07) is 9.52. The summed E-state index contributed by atoms with van der Waals surface area (Å²) in [6.45, 7) is 6.40. The molecule has 1 amide bonds. The van der Waals surface area contributed by atoms with Gasteiger partial charge in [0.25, 0.3) is 5.91 Å². The number of benzene rings is 2. The molecular weight excluding hydrogens is 437 g/mol. The molecule has 1 aliphatic rings. The second-order valence-corrected chi connectivity index (χ2v) is 8.80. The van der Waals surface area contributed by atoms with Gasteiger partial charge in [0.2, 0.25) is 5.13 Å².